The molecule has 21 heavy (non-hydrogen) atoms. The highest BCUT2D eigenvalue weighted by atomic mass is 35.5. The van der Waals surface area contributed by atoms with E-state index in [0.717, 1.165) is 16.5 Å². The summed E-state index contributed by atoms with van der Waals surface area (Å²) in [5.41, 5.74) is 1.99. The van der Waals surface area contributed by atoms with Gasteiger partial charge < -0.3 is 9.88 Å². The maximum absolute atomic E-state index is 12.0. The van der Waals surface area contributed by atoms with Gasteiger partial charge in [-0.1, -0.05) is 17.7 Å². The highest BCUT2D eigenvalue weighted by Crippen LogP contribution is 2.20. The standard InChI is InChI=1S/C16H14ClN3O/c17-14-2-1-13-5-8-20(15(13)9-14)11-16(21)19-10-12-3-6-18-7-4-12/h1-9H,10-11H2,(H,19,21). The summed E-state index contributed by atoms with van der Waals surface area (Å²) in [5.74, 6) is -0.0377. The number of carbonyl (C=O) groups is 1. The summed E-state index contributed by atoms with van der Waals surface area (Å²) in [7, 11) is 0. The van der Waals surface area contributed by atoms with Crippen molar-refractivity contribution in [2.45, 2.75) is 13.1 Å². The van der Waals surface area contributed by atoms with E-state index < -0.39 is 0 Å². The number of halogens is 1. The van der Waals surface area contributed by atoms with Gasteiger partial charge in [0.2, 0.25) is 5.91 Å². The van der Waals surface area contributed by atoms with Gasteiger partial charge in [-0.25, -0.2) is 0 Å². The third-order valence-electron chi connectivity index (χ3n) is 3.29. The van der Waals surface area contributed by atoms with Crippen LogP contribution >= 0.6 is 11.6 Å². The molecule has 4 nitrogen and oxygen atoms in total. The molecule has 3 aromatic rings. The predicted molar refractivity (Wildman–Crippen MR) is 83.0 cm³/mol. The van der Waals surface area contributed by atoms with Crippen molar-refractivity contribution in [2.75, 3.05) is 0 Å². The molecule has 0 radical (unpaired) electrons. The Hall–Kier alpha value is -2.33. The molecule has 0 fully saturated rings. The van der Waals surface area contributed by atoms with Gasteiger partial charge in [0.25, 0.3) is 0 Å². The van der Waals surface area contributed by atoms with E-state index in [4.69, 9.17) is 11.6 Å². The average molecular weight is 300 g/mol. The fraction of sp³-hybridized carbons (Fsp3) is 0.125. The Kier molecular flexibility index (Phi) is 3.88. The SMILES string of the molecule is O=C(Cn1ccc2ccc(Cl)cc21)NCc1ccncc1. The Morgan fingerprint density at radius 1 is 1.19 bits per heavy atom. The quantitative estimate of drug-likeness (QED) is 0.805. The van der Waals surface area contributed by atoms with Crippen LogP contribution in [0, 0.1) is 0 Å². The number of nitrogens with one attached hydrogen (secondary N) is 1. The largest absolute Gasteiger partial charge is 0.350 e. The number of pyridine rings is 1. The Balaban J connectivity index is 1.67. The summed E-state index contributed by atoms with van der Waals surface area (Å²) >= 11 is 6.01. The topological polar surface area (TPSA) is 46.9 Å². The summed E-state index contributed by atoms with van der Waals surface area (Å²) in [6, 6.07) is 11.4. The first-order valence-electron chi connectivity index (χ1n) is 6.62. The van der Waals surface area contributed by atoms with Crippen LogP contribution in [0.25, 0.3) is 10.9 Å². The number of nitrogens with zero attached hydrogens (tertiary/aromatic N) is 2. The fourth-order valence-electron chi connectivity index (χ4n) is 2.21. The van der Waals surface area contributed by atoms with Crippen LogP contribution in [0.5, 0.6) is 0 Å². The van der Waals surface area contributed by atoms with Crippen LogP contribution in [-0.4, -0.2) is 15.5 Å². The minimum absolute atomic E-state index is 0.0377. The van der Waals surface area contributed by atoms with Crippen molar-refractivity contribution in [3.8, 4) is 0 Å². The van der Waals surface area contributed by atoms with Gasteiger partial charge in [-0.3, -0.25) is 9.78 Å². The molecule has 0 aliphatic carbocycles. The molecular weight excluding hydrogens is 286 g/mol. The molecular formula is C16H14ClN3O. The van der Waals surface area contributed by atoms with Crippen LogP contribution in [0.3, 0.4) is 0 Å². The Morgan fingerprint density at radius 2 is 2.00 bits per heavy atom. The molecule has 2 aromatic heterocycles. The first kappa shape index (κ1) is 13.6. The zero-order valence-corrected chi connectivity index (χ0v) is 12.0. The highest BCUT2D eigenvalue weighted by molar-refractivity contribution is 6.31. The molecule has 0 unspecified atom stereocenters. The molecule has 0 atom stereocenters. The molecule has 0 spiro atoms. The van der Waals surface area contributed by atoms with Crippen LogP contribution in [0.15, 0.2) is 55.0 Å². The van der Waals surface area contributed by atoms with Crippen LogP contribution in [0.2, 0.25) is 5.02 Å². The minimum atomic E-state index is -0.0377. The van der Waals surface area contributed by atoms with Gasteiger partial charge in [0, 0.05) is 35.7 Å². The number of carbonyl (C=O) groups excluding carboxylic acids is 1. The van der Waals surface area contributed by atoms with Crippen LogP contribution in [-0.2, 0) is 17.9 Å². The summed E-state index contributed by atoms with van der Waals surface area (Å²) < 4.78 is 1.89. The van der Waals surface area contributed by atoms with Gasteiger partial charge in [0.1, 0.15) is 6.54 Å². The lowest BCUT2D eigenvalue weighted by Gasteiger charge is -2.07. The maximum Gasteiger partial charge on any atom is 0.240 e. The van der Waals surface area contributed by atoms with Crippen molar-refractivity contribution in [2.24, 2.45) is 0 Å². The smallest absolute Gasteiger partial charge is 0.240 e. The average Bonchev–Trinajstić information content (AvgIpc) is 2.88. The maximum atomic E-state index is 12.0. The lowest BCUT2D eigenvalue weighted by molar-refractivity contribution is -0.121. The molecule has 0 saturated carbocycles. The van der Waals surface area contributed by atoms with Crippen LogP contribution in [0.4, 0.5) is 0 Å². The van der Waals surface area contributed by atoms with Crippen molar-refractivity contribution < 1.29 is 4.79 Å². The summed E-state index contributed by atoms with van der Waals surface area (Å²) in [5, 5.41) is 4.63. The van der Waals surface area contributed by atoms with Crippen molar-refractivity contribution in [3.05, 3.63) is 65.6 Å². The number of hydrogen-bond acceptors (Lipinski definition) is 2. The number of fused-ring (bicyclic) bond motifs is 1. The van der Waals surface area contributed by atoms with E-state index in [2.05, 4.69) is 10.3 Å². The predicted octanol–water partition coefficient (Wildman–Crippen LogP) is 3.01. The second-order valence-electron chi connectivity index (χ2n) is 4.78. The first-order chi connectivity index (χ1) is 10.2. The molecule has 0 saturated heterocycles. The Labute approximate surface area is 127 Å². The molecule has 106 valence electrons. The minimum Gasteiger partial charge on any atom is -0.350 e. The zero-order chi connectivity index (χ0) is 14.7. The second-order valence-corrected chi connectivity index (χ2v) is 5.22. The van der Waals surface area contributed by atoms with E-state index in [-0.39, 0.29) is 12.5 Å². The van der Waals surface area contributed by atoms with Gasteiger partial charge >= 0.3 is 0 Å². The molecule has 0 aliphatic heterocycles. The summed E-state index contributed by atoms with van der Waals surface area (Å²) in [6.07, 6.45) is 5.32. The number of amides is 1. The number of benzene rings is 1. The van der Waals surface area contributed by atoms with Crippen LogP contribution in [0.1, 0.15) is 5.56 Å². The van der Waals surface area contributed by atoms with E-state index in [9.17, 15) is 4.79 Å². The van der Waals surface area contributed by atoms with Crippen molar-refractivity contribution in [1.29, 1.82) is 0 Å². The highest BCUT2D eigenvalue weighted by Gasteiger charge is 2.06. The molecule has 0 aliphatic rings. The van der Waals surface area contributed by atoms with E-state index >= 15 is 0 Å². The van der Waals surface area contributed by atoms with E-state index in [1.165, 1.54) is 0 Å². The first-order valence-corrected chi connectivity index (χ1v) is 7.00. The molecule has 5 heteroatoms. The number of hydrogen-bond donors (Lipinski definition) is 1. The van der Waals surface area contributed by atoms with Gasteiger partial charge in [-0.2, -0.15) is 0 Å². The second kappa shape index (κ2) is 5.97. The molecule has 3 rings (SSSR count). The Bertz CT molecular complexity index is 768. The lowest BCUT2D eigenvalue weighted by atomic mass is 10.2. The van der Waals surface area contributed by atoms with E-state index in [1.54, 1.807) is 12.4 Å². The number of aromatic nitrogens is 2. The molecule has 0 bridgehead atoms. The van der Waals surface area contributed by atoms with Gasteiger partial charge in [-0.15, -0.1) is 0 Å². The third kappa shape index (κ3) is 3.23. The van der Waals surface area contributed by atoms with E-state index in [0.29, 0.717) is 11.6 Å². The van der Waals surface area contributed by atoms with Crippen molar-refractivity contribution >= 4 is 28.4 Å². The van der Waals surface area contributed by atoms with Crippen LogP contribution < -0.4 is 5.32 Å². The summed E-state index contributed by atoms with van der Waals surface area (Å²) in [4.78, 5) is 16.0. The zero-order valence-electron chi connectivity index (χ0n) is 11.3. The van der Waals surface area contributed by atoms with Gasteiger partial charge in [0.15, 0.2) is 0 Å². The van der Waals surface area contributed by atoms with E-state index in [1.807, 2.05) is 47.2 Å². The summed E-state index contributed by atoms with van der Waals surface area (Å²) in [6.45, 7) is 0.774. The van der Waals surface area contributed by atoms with Crippen molar-refractivity contribution in [1.82, 2.24) is 14.9 Å². The lowest BCUT2D eigenvalue weighted by Crippen LogP contribution is -2.26. The fourth-order valence-corrected chi connectivity index (χ4v) is 2.37. The molecule has 2 heterocycles. The molecule has 1 aromatic carbocycles. The Morgan fingerprint density at radius 3 is 2.81 bits per heavy atom. The van der Waals surface area contributed by atoms with Crippen molar-refractivity contribution in [3.63, 3.8) is 0 Å². The van der Waals surface area contributed by atoms with Gasteiger partial charge in [0.05, 0.1) is 0 Å². The monoisotopic (exact) mass is 299 g/mol. The normalized spacial score (nSPS) is 10.7. The third-order valence-corrected chi connectivity index (χ3v) is 3.52. The molecule has 1 N–H and O–H groups in total. The van der Waals surface area contributed by atoms with Gasteiger partial charge in [-0.05, 0) is 41.3 Å². The molecule has 1 amide bonds. The number of rotatable bonds is 4.